The van der Waals surface area contributed by atoms with Gasteiger partial charge in [-0.05, 0) is 26.0 Å². The fourth-order valence-electron chi connectivity index (χ4n) is 1.63. The Morgan fingerprint density at radius 1 is 1.29 bits per heavy atom. The molecule has 4 nitrogen and oxygen atoms in total. The van der Waals surface area contributed by atoms with Crippen molar-refractivity contribution in [3.63, 3.8) is 0 Å². The summed E-state index contributed by atoms with van der Waals surface area (Å²) in [6.45, 7) is 3.82. The molecule has 0 aliphatic rings. The maximum absolute atomic E-state index is 11.8. The van der Waals surface area contributed by atoms with Crippen molar-refractivity contribution in [3.05, 3.63) is 36.0 Å². The van der Waals surface area contributed by atoms with Gasteiger partial charge in [0.05, 0.1) is 11.2 Å². The van der Waals surface area contributed by atoms with Crippen LogP contribution in [0.1, 0.15) is 24.3 Å². The SMILES string of the molecule is CC(C)NC(=O)c1ccc2cccc(N)c2n1. The highest BCUT2D eigenvalue weighted by Crippen LogP contribution is 2.18. The van der Waals surface area contributed by atoms with E-state index in [1.165, 1.54) is 0 Å². The predicted molar refractivity (Wildman–Crippen MR) is 68.8 cm³/mol. The van der Waals surface area contributed by atoms with Crippen LogP contribution in [0.15, 0.2) is 30.3 Å². The van der Waals surface area contributed by atoms with Crippen molar-refractivity contribution >= 4 is 22.5 Å². The van der Waals surface area contributed by atoms with Gasteiger partial charge in [-0.2, -0.15) is 0 Å². The Morgan fingerprint density at radius 2 is 2.06 bits per heavy atom. The minimum Gasteiger partial charge on any atom is -0.397 e. The van der Waals surface area contributed by atoms with Gasteiger partial charge in [-0.3, -0.25) is 4.79 Å². The van der Waals surface area contributed by atoms with E-state index in [-0.39, 0.29) is 11.9 Å². The third-order valence-corrected chi connectivity index (χ3v) is 2.40. The van der Waals surface area contributed by atoms with Crippen LogP contribution in [0.3, 0.4) is 0 Å². The van der Waals surface area contributed by atoms with Gasteiger partial charge in [0.25, 0.3) is 5.91 Å². The quantitative estimate of drug-likeness (QED) is 0.773. The lowest BCUT2D eigenvalue weighted by Crippen LogP contribution is -2.30. The maximum Gasteiger partial charge on any atom is 0.270 e. The van der Waals surface area contributed by atoms with Crippen LogP contribution >= 0.6 is 0 Å². The number of hydrogen-bond donors (Lipinski definition) is 2. The topological polar surface area (TPSA) is 68.0 Å². The summed E-state index contributed by atoms with van der Waals surface area (Å²) in [6, 6.07) is 9.22. The van der Waals surface area contributed by atoms with Crippen molar-refractivity contribution in [3.8, 4) is 0 Å². The standard InChI is InChI=1S/C13H15N3O/c1-8(2)15-13(17)11-7-6-9-4-3-5-10(14)12(9)16-11/h3-8H,14H2,1-2H3,(H,15,17). The van der Waals surface area contributed by atoms with Gasteiger partial charge in [0.2, 0.25) is 0 Å². The molecule has 0 aliphatic heterocycles. The summed E-state index contributed by atoms with van der Waals surface area (Å²) < 4.78 is 0. The second-order valence-electron chi connectivity index (χ2n) is 4.24. The first-order chi connectivity index (χ1) is 8.08. The number of amides is 1. The molecule has 88 valence electrons. The van der Waals surface area contributed by atoms with Crippen LogP contribution < -0.4 is 11.1 Å². The van der Waals surface area contributed by atoms with Crippen LogP contribution in [0.25, 0.3) is 10.9 Å². The number of benzene rings is 1. The summed E-state index contributed by atoms with van der Waals surface area (Å²) in [5.41, 5.74) is 7.48. The number of carbonyl (C=O) groups excluding carboxylic acids is 1. The third-order valence-electron chi connectivity index (χ3n) is 2.40. The molecule has 0 fully saturated rings. The maximum atomic E-state index is 11.8. The molecular formula is C13H15N3O. The van der Waals surface area contributed by atoms with E-state index in [1.807, 2.05) is 32.0 Å². The number of pyridine rings is 1. The molecule has 1 aromatic heterocycles. The van der Waals surface area contributed by atoms with Crippen LogP contribution in [0.2, 0.25) is 0 Å². The molecule has 0 atom stereocenters. The van der Waals surface area contributed by atoms with Gasteiger partial charge in [0.15, 0.2) is 0 Å². The second-order valence-corrected chi connectivity index (χ2v) is 4.24. The van der Waals surface area contributed by atoms with E-state index in [4.69, 9.17) is 5.73 Å². The highest BCUT2D eigenvalue weighted by Gasteiger charge is 2.09. The Hall–Kier alpha value is -2.10. The molecule has 2 rings (SSSR count). The molecule has 3 N–H and O–H groups in total. The molecule has 0 unspecified atom stereocenters. The number of nitrogen functional groups attached to an aromatic ring is 1. The molecule has 1 amide bonds. The zero-order valence-electron chi connectivity index (χ0n) is 9.90. The van der Waals surface area contributed by atoms with Crippen LogP contribution in [0.4, 0.5) is 5.69 Å². The summed E-state index contributed by atoms with van der Waals surface area (Å²) in [4.78, 5) is 16.1. The van der Waals surface area contributed by atoms with Crippen molar-refractivity contribution < 1.29 is 4.79 Å². The summed E-state index contributed by atoms with van der Waals surface area (Å²) in [5.74, 6) is -0.176. The number of rotatable bonds is 2. The molecule has 1 heterocycles. The van der Waals surface area contributed by atoms with Crippen molar-refractivity contribution in [2.45, 2.75) is 19.9 Å². The fourth-order valence-corrected chi connectivity index (χ4v) is 1.63. The number of nitrogens with one attached hydrogen (secondary N) is 1. The predicted octanol–water partition coefficient (Wildman–Crippen LogP) is 1.96. The minimum atomic E-state index is -0.176. The number of nitrogens with zero attached hydrogens (tertiary/aromatic N) is 1. The highest BCUT2D eigenvalue weighted by atomic mass is 16.1. The molecule has 0 saturated carbocycles. The summed E-state index contributed by atoms with van der Waals surface area (Å²) in [5, 5.41) is 3.74. The monoisotopic (exact) mass is 229 g/mol. The molecule has 0 spiro atoms. The number of anilines is 1. The van der Waals surface area contributed by atoms with Gasteiger partial charge in [0, 0.05) is 11.4 Å². The van der Waals surface area contributed by atoms with Gasteiger partial charge in [-0.15, -0.1) is 0 Å². The Balaban J connectivity index is 2.44. The zero-order valence-corrected chi connectivity index (χ0v) is 9.90. The normalized spacial score (nSPS) is 10.8. The number of aromatic nitrogens is 1. The second kappa shape index (κ2) is 4.41. The van der Waals surface area contributed by atoms with Crippen LogP contribution in [0, 0.1) is 0 Å². The first kappa shape index (κ1) is 11.4. The summed E-state index contributed by atoms with van der Waals surface area (Å²) in [7, 11) is 0. The van der Waals surface area contributed by atoms with Gasteiger partial charge in [-0.25, -0.2) is 4.98 Å². The Bertz CT molecular complexity index is 564. The Labute approximate surface area is 99.8 Å². The van der Waals surface area contributed by atoms with Gasteiger partial charge in [-0.1, -0.05) is 18.2 Å². The van der Waals surface area contributed by atoms with E-state index in [0.29, 0.717) is 16.9 Å². The average Bonchev–Trinajstić information content (AvgIpc) is 2.28. The van der Waals surface area contributed by atoms with Crippen molar-refractivity contribution in [1.29, 1.82) is 0 Å². The van der Waals surface area contributed by atoms with E-state index in [1.54, 1.807) is 12.1 Å². The van der Waals surface area contributed by atoms with Crippen molar-refractivity contribution in [2.24, 2.45) is 0 Å². The van der Waals surface area contributed by atoms with Crippen LogP contribution in [-0.2, 0) is 0 Å². The Morgan fingerprint density at radius 3 is 2.76 bits per heavy atom. The largest absolute Gasteiger partial charge is 0.397 e. The summed E-state index contributed by atoms with van der Waals surface area (Å²) in [6.07, 6.45) is 0. The number of hydrogen-bond acceptors (Lipinski definition) is 3. The Kier molecular flexibility index (Phi) is 2.95. The molecule has 0 saturated heterocycles. The van der Waals surface area contributed by atoms with E-state index in [9.17, 15) is 4.79 Å². The molecule has 4 heteroatoms. The van der Waals surface area contributed by atoms with E-state index in [0.717, 1.165) is 5.39 Å². The molecule has 1 aromatic carbocycles. The molecule has 0 bridgehead atoms. The molecular weight excluding hydrogens is 214 g/mol. The highest BCUT2D eigenvalue weighted by molar-refractivity contribution is 5.97. The number of para-hydroxylation sites is 1. The first-order valence-electron chi connectivity index (χ1n) is 5.54. The van der Waals surface area contributed by atoms with Crippen molar-refractivity contribution in [2.75, 3.05) is 5.73 Å². The van der Waals surface area contributed by atoms with Crippen LogP contribution in [0.5, 0.6) is 0 Å². The summed E-state index contributed by atoms with van der Waals surface area (Å²) >= 11 is 0. The first-order valence-corrected chi connectivity index (χ1v) is 5.54. The van der Waals surface area contributed by atoms with Gasteiger partial charge < -0.3 is 11.1 Å². The lowest BCUT2D eigenvalue weighted by atomic mass is 10.1. The fraction of sp³-hybridized carbons (Fsp3) is 0.231. The molecule has 0 radical (unpaired) electrons. The van der Waals surface area contributed by atoms with Gasteiger partial charge >= 0.3 is 0 Å². The van der Waals surface area contributed by atoms with E-state index in [2.05, 4.69) is 10.3 Å². The van der Waals surface area contributed by atoms with E-state index >= 15 is 0 Å². The molecule has 17 heavy (non-hydrogen) atoms. The van der Waals surface area contributed by atoms with E-state index < -0.39 is 0 Å². The molecule has 2 aromatic rings. The van der Waals surface area contributed by atoms with Crippen LogP contribution in [-0.4, -0.2) is 16.9 Å². The zero-order chi connectivity index (χ0) is 12.4. The minimum absolute atomic E-state index is 0.0908. The number of carbonyl (C=O) groups is 1. The lowest BCUT2D eigenvalue weighted by Gasteiger charge is -2.08. The van der Waals surface area contributed by atoms with Crippen molar-refractivity contribution in [1.82, 2.24) is 10.3 Å². The smallest absolute Gasteiger partial charge is 0.270 e. The number of fused-ring (bicyclic) bond motifs is 1. The third kappa shape index (κ3) is 2.36. The number of nitrogens with two attached hydrogens (primary N) is 1. The van der Waals surface area contributed by atoms with Gasteiger partial charge in [0.1, 0.15) is 5.69 Å². The lowest BCUT2D eigenvalue weighted by molar-refractivity contribution is 0.0938. The average molecular weight is 229 g/mol. The molecule has 0 aliphatic carbocycles.